The van der Waals surface area contributed by atoms with E-state index in [4.69, 9.17) is 0 Å². The van der Waals surface area contributed by atoms with Crippen molar-refractivity contribution in [3.8, 4) is 0 Å². The third kappa shape index (κ3) is 3.80. The summed E-state index contributed by atoms with van der Waals surface area (Å²) in [7, 11) is -3.17. The molecule has 1 aromatic rings. The van der Waals surface area contributed by atoms with Gasteiger partial charge in [0.2, 0.25) is 10.0 Å². The summed E-state index contributed by atoms with van der Waals surface area (Å²) in [6.07, 6.45) is 2.43. The first kappa shape index (κ1) is 13.5. The molecule has 1 unspecified atom stereocenters. The molecule has 0 radical (unpaired) electrons. The van der Waals surface area contributed by atoms with Crippen LogP contribution in [0.15, 0.2) is 30.3 Å². The third-order valence-corrected chi connectivity index (χ3v) is 5.14. The van der Waals surface area contributed by atoms with Crippen molar-refractivity contribution in [3.05, 3.63) is 35.9 Å². The number of hydrogen-bond donors (Lipinski definition) is 2. The van der Waals surface area contributed by atoms with E-state index in [0.717, 1.165) is 31.4 Å². The van der Waals surface area contributed by atoms with Crippen molar-refractivity contribution in [2.24, 2.45) is 0 Å². The Bertz CT molecular complexity index is 453. The van der Waals surface area contributed by atoms with Gasteiger partial charge in [0.1, 0.15) is 0 Å². The van der Waals surface area contributed by atoms with Crippen molar-refractivity contribution in [2.45, 2.75) is 24.5 Å². The van der Waals surface area contributed by atoms with Crippen LogP contribution in [0.5, 0.6) is 0 Å². The molecule has 1 aliphatic heterocycles. The number of nitrogens with one attached hydrogen (secondary N) is 2. The summed E-state index contributed by atoms with van der Waals surface area (Å²) in [5.41, 5.74) is 1.15. The lowest BCUT2D eigenvalue weighted by Crippen LogP contribution is -2.44. The molecule has 0 aliphatic carbocycles. The fourth-order valence-electron chi connectivity index (χ4n) is 2.18. The van der Waals surface area contributed by atoms with Crippen molar-refractivity contribution < 1.29 is 8.42 Å². The molecule has 0 amide bonds. The number of piperidine rings is 1. The van der Waals surface area contributed by atoms with E-state index in [0.29, 0.717) is 13.1 Å². The van der Waals surface area contributed by atoms with E-state index in [-0.39, 0.29) is 5.25 Å². The topological polar surface area (TPSA) is 58.2 Å². The average molecular weight is 268 g/mol. The molecule has 2 rings (SSSR count). The van der Waals surface area contributed by atoms with Gasteiger partial charge in [0, 0.05) is 13.1 Å². The summed E-state index contributed by atoms with van der Waals surface area (Å²) in [6.45, 7) is 1.97. The zero-order chi connectivity index (χ0) is 12.8. The van der Waals surface area contributed by atoms with Gasteiger partial charge in [-0.2, -0.15) is 0 Å². The molecule has 0 spiro atoms. The van der Waals surface area contributed by atoms with Crippen LogP contribution in [0.25, 0.3) is 0 Å². The lowest BCUT2D eigenvalue weighted by Gasteiger charge is -2.23. The summed E-state index contributed by atoms with van der Waals surface area (Å²) in [5.74, 6) is 0. The van der Waals surface area contributed by atoms with Gasteiger partial charge in [-0.25, -0.2) is 13.1 Å². The Kier molecular flexibility index (Phi) is 4.74. The van der Waals surface area contributed by atoms with E-state index in [1.165, 1.54) is 0 Å². The molecule has 2 N–H and O–H groups in total. The fraction of sp³-hybridized carbons (Fsp3) is 0.538. The normalized spacial score (nSPS) is 20.8. The fourth-order valence-corrected chi connectivity index (χ4v) is 3.62. The van der Waals surface area contributed by atoms with Crippen molar-refractivity contribution in [1.29, 1.82) is 0 Å². The van der Waals surface area contributed by atoms with Gasteiger partial charge < -0.3 is 5.32 Å². The zero-order valence-electron chi connectivity index (χ0n) is 10.4. The molecule has 4 nitrogen and oxygen atoms in total. The summed E-state index contributed by atoms with van der Waals surface area (Å²) in [4.78, 5) is 0. The second-order valence-electron chi connectivity index (χ2n) is 4.64. The summed E-state index contributed by atoms with van der Waals surface area (Å²) >= 11 is 0. The van der Waals surface area contributed by atoms with Gasteiger partial charge >= 0.3 is 0 Å². The van der Waals surface area contributed by atoms with Gasteiger partial charge in [-0.15, -0.1) is 0 Å². The van der Waals surface area contributed by atoms with E-state index in [1.54, 1.807) is 0 Å². The third-order valence-electron chi connectivity index (χ3n) is 3.25. The first-order chi connectivity index (χ1) is 8.68. The van der Waals surface area contributed by atoms with Gasteiger partial charge in [-0.05, 0) is 31.4 Å². The highest BCUT2D eigenvalue weighted by atomic mass is 32.2. The summed E-state index contributed by atoms with van der Waals surface area (Å²) in [6, 6.07) is 9.91. The van der Waals surface area contributed by atoms with Crippen LogP contribution >= 0.6 is 0 Å². The highest BCUT2D eigenvalue weighted by Crippen LogP contribution is 2.10. The largest absolute Gasteiger partial charge is 0.315 e. The first-order valence-electron chi connectivity index (χ1n) is 6.41. The van der Waals surface area contributed by atoms with Crippen molar-refractivity contribution in [3.63, 3.8) is 0 Å². The maximum absolute atomic E-state index is 12.0. The van der Waals surface area contributed by atoms with E-state index in [2.05, 4.69) is 10.0 Å². The summed E-state index contributed by atoms with van der Waals surface area (Å²) < 4.78 is 26.8. The van der Waals surface area contributed by atoms with Crippen molar-refractivity contribution in [2.75, 3.05) is 19.6 Å². The Morgan fingerprint density at radius 3 is 2.72 bits per heavy atom. The van der Waals surface area contributed by atoms with Crippen LogP contribution in [0.2, 0.25) is 0 Å². The lowest BCUT2D eigenvalue weighted by atomic mass is 10.2. The number of sulfonamides is 1. The SMILES string of the molecule is O=S(=O)(NCCc1ccccc1)C1CCCNC1. The molecule has 5 heteroatoms. The monoisotopic (exact) mass is 268 g/mol. The summed E-state index contributed by atoms with van der Waals surface area (Å²) in [5, 5.41) is 2.85. The molecule has 1 atom stereocenters. The van der Waals surface area contributed by atoms with Gasteiger partial charge in [-0.3, -0.25) is 0 Å². The highest BCUT2D eigenvalue weighted by molar-refractivity contribution is 7.90. The van der Waals surface area contributed by atoms with Gasteiger partial charge in [0.15, 0.2) is 0 Å². The molecular weight excluding hydrogens is 248 g/mol. The van der Waals surface area contributed by atoms with Crippen LogP contribution in [-0.4, -0.2) is 33.3 Å². The highest BCUT2D eigenvalue weighted by Gasteiger charge is 2.26. The Morgan fingerprint density at radius 2 is 2.06 bits per heavy atom. The Balaban J connectivity index is 1.82. The van der Waals surface area contributed by atoms with Crippen LogP contribution in [0, 0.1) is 0 Å². The second-order valence-corrected chi connectivity index (χ2v) is 6.69. The van der Waals surface area contributed by atoms with Crippen LogP contribution in [0.1, 0.15) is 18.4 Å². The maximum atomic E-state index is 12.0. The van der Waals surface area contributed by atoms with E-state index >= 15 is 0 Å². The molecule has 1 saturated heterocycles. The molecule has 100 valence electrons. The molecule has 0 saturated carbocycles. The maximum Gasteiger partial charge on any atom is 0.215 e. The minimum Gasteiger partial charge on any atom is -0.315 e. The van der Waals surface area contributed by atoms with Crippen LogP contribution < -0.4 is 10.0 Å². The number of hydrogen-bond acceptors (Lipinski definition) is 3. The predicted octanol–water partition coefficient (Wildman–Crippen LogP) is 0.900. The zero-order valence-corrected chi connectivity index (χ0v) is 11.2. The van der Waals surface area contributed by atoms with Crippen molar-refractivity contribution >= 4 is 10.0 Å². The predicted molar refractivity (Wildman–Crippen MR) is 73.0 cm³/mol. The Morgan fingerprint density at radius 1 is 1.28 bits per heavy atom. The Labute approximate surface area is 109 Å². The molecule has 1 aliphatic rings. The van der Waals surface area contributed by atoms with Crippen LogP contribution in [0.3, 0.4) is 0 Å². The Hall–Kier alpha value is -0.910. The molecule has 1 aromatic carbocycles. The van der Waals surface area contributed by atoms with E-state index in [1.807, 2.05) is 30.3 Å². The first-order valence-corrected chi connectivity index (χ1v) is 7.96. The molecule has 1 heterocycles. The smallest absolute Gasteiger partial charge is 0.215 e. The standard InChI is InChI=1S/C13H20N2O2S/c16-18(17,13-7-4-9-14-11-13)15-10-8-12-5-2-1-3-6-12/h1-3,5-6,13-15H,4,7-11H2. The quantitative estimate of drug-likeness (QED) is 0.834. The molecule has 0 bridgehead atoms. The average Bonchev–Trinajstić information content (AvgIpc) is 2.41. The minimum absolute atomic E-state index is 0.276. The van der Waals surface area contributed by atoms with E-state index < -0.39 is 10.0 Å². The van der Waals surface area contributed by atoms with Crippen LogP contribution in [-0.2, 0) is 16.4 Å². The molecule has 18 heavy (non-hydrogen) atoms. The molecule has 0 aromatic heterocycles. The minimum atomic E-state index is -3.17. The molecule has 1 fully saturated rings. The van der Waals surface area contributed by atoms with Crippen molar-refractivity contribution in [1.82, 2.24) is 10.0 Å². The molecular formula is C13H20N2O2S. The second kappa shape index (κ2) is 6.31. The van der Waals surface area contributed by atoms with Gasteiger partial charge in [0.25, 0.3) is 0 Å². The van der Waals surface area contributed by atoms with E-state index in [9.17, 15) is 8.42 Å². The van der Waals surface area contributed by atoms with Gasteiger partial charge in [-0.1, -0.05) is 30.3 Å². The van der Waals surface area contributed by atoms with Gasteiger partial charge in [0.05, 0.1) is 5.25 Å². The lowest BCUT2D eigenvalue weighted by molar-refractivity contribution is 0.490. The number of benzene rings is 1. The van der Waals surface area contributed by atoms with Crippen LogP contribution in [0.4, 0.5) is 0 Å². The number of rotatable bonds is 5.